The van der Waals surface area contributed by atoms with E-state index >= 15 is 0 Å². The Morgan fingerprint density at radius 3 is 2.71 bits per heavy atom. The van der Waals surface area contributed by atoms with Crippen molar-refractivity contribution in [3.63, 3.8) is 0 Å². The molecule has 1 aromatic heterocycles. The summed E-state index contributed by atoms with van der Waals surface area (Å²) in [5, 5.41) is 5.69. The fraction of sp³-hybridized carbons (Fsp3) is 0.111. The minimum Gasteiger partial charge on any atom is -0.343 e. The zero-order valence-electron chi connectivity index (χ0n) is 12.7. The van der Waals surface area contributed by atoms with Gasteiger partial charge in [0.1, 0.15) is 5.69 Å². The molecule has 0 fully saturated rings. The quantitative estimate of drug-likeness (QED) is 0.760. The first-order valence-electron chi connectivity index (χ1n) is 7.62. The fourth-order valence-corrected chi connectivity index (χ4v) is 2.84. The van der Waals surface area contributed by atoms with Gasteiger partial charge >= 0.3 is 0 Å². The molecule has 1 atom stereocenters. The van der Waals surface area contributed by atoms with Gasteiger partial charge in [-0.1, -0.05) is 30.3 Å². The van der Waals surface area contributed by atoms with Gasteiger partial charge < -0.3 is 10.6 Å². The van der Waals surface area contributed by atoms with Crippen LogP contribution in [0.25, 0.3) is 11.0 Å². The molecule has 0 spiro atoms. The zero-order valence-corrected chi connectivity index (χ0v) is 12.7. The summed E-state index contributed by atoms with van der Waals surface area (Å²) >= 11 is 0. The number of anilines is 1. The Morgan fingerprint density at radius 2 is 1.83 bits per heavy atom. The van der Waals surface area contributed by atoms with Gasteiger partial charge in [0.15, 0.2) is 0 Å². The molecule has 1 aliphatic heterocycles. The summed E-state index contributed by atoms with van der Waals surface area (Å²) in [5.74, 6) is -0.466. The minimum atomic E-state index is -0.379. The standard InChI is InChI=1S/C18H14N4O2/c23-17-9-15(11-5-1-2-6-12(11)21-17)22-18(24)16-10-19-13-7-3-4-8-14(13)20-16/h1-8,10,15H,9H2,(H,21,23)(H,22,24). The molecule has 2 aromatic carbocycles. The van der Waals surface area contributed by atoms with Gasteiger partial charge in [0.2, 0.25) is 5.91 Å². The van der Waals surface area contributed by atoms with E-state index in [-0.39, 0.29) is 30.0 Å². The van der Waals surface area contributed by atoms with E-state index in [1.54, 1.807) is 0 Å². The Labute approximate surface area is 137 Å². The molecular formula is C18H14N4O2. The molecule has 2 amide bonds. The summed E-state index contributed by atoms with van der Waals surface area (Å²) in [7, 11) is 0. The lowest BCUT2D eigenvalue weighted by Gasteiger charge is -2.26. The maximum atomic E-state index is 12.5. The van der Waals surface area contributed by atoms with Crippen LogP contribution in [0.2, 0.25) is 0 Å². The average Bonchev–Trinajstić information content (AvgIpc) is 2.61. The highest BCUT2D eigenvalue weighted by Gasteiger charge is 2.26. The van der Waals surface area contributed by atoms with Gasteiger partial charge in [-0.3, -0.25) is 14.6 Å². The summed E-state index contributed by atoms with van der Waals surface area (Å²) in [6, 6.07) is 14.4. The van der Waals surface area contributed by atoms with Crippen molar-refractivity contribution < 1.29 is 9.59 Å². The monoisotopic (exact) mass is 318 g/mol. The summed E-state index contributed by atoms with van der Waals surface area (Å²) in [6.07, 6.45) is 1.65. The average molecular weight is 318 g/mol. The van der Waals surface area contributed by atoms with Crippen LogP contribution in [0.3, 0.4) is 0 Å². The molecule has 6 nitrogen and oxygen atoms in total. The second-order valence-electron chi connectivity index (χ2n) is 5.61. The lowest BCUT2D eigenvalue weighted by atomic mass is 9.97. The molecule has 0 saturated heterocycles. The molecule has 118 valence electrons. The number of nitrogens with one attached hydrogen (secondary N) is 2. The van der Waals surface area contributed by atoms with Crippen molar-refractivity contribution in [1.82, 2.24) is 15.3 Å². The van der Waals surface area contributed by atoms with Crippen molar-refractivity contribution >= 4 is 28.5 Å². The molecule has 0 saturated carbocycles. The van der Waals surface area contributed by atoms with Crippen LogP contribution in [-0.2, 0) is 4.79 Å². The van der Waals surface area contributed by atoms with E-state index < -0.39 is 0 Å². The SMILES string of the molecule is O=C1CC(NC(=O)c2cnc3ccccc3n2)c2ccccc2N1. The maximum Gasteiger partial charge on any atom is 0.272 e. The fourth-order valence-electron chi connectivity index (χ4n) is 2.84. The van der Waals surface area contributed by atoms with Crippen LogP contribution in [0.4, 0.5) is 5.69 Å². The highest BCUT2D eigenvalue weighted by molar-refractivity contribution is 5.97. The molecule has 1 unspecified atom stereocenters. The molecule has 1 aliphatic rings. The van der Waals surface area contributed by atoms with Crippen molar-refractivity contribution in [2.24, 2.45) is 0 Å². The number of carbonyl (C=O) groups excluding carboxylic acids is 2. The number of rotatable bonds is 2. The van der Waals surface area contributed by atoms with Crippen LogP contribution in [-0.4, -0.2) is 21.8 Å². The Kier molecular flexibility index (Phi) is 3.42. The molecular weight excluding hydrogens is 304 g/mol. The normalized spacial score (nSPS) is 16.3. The van der Waals surface area contributed by atoms with Crippen LogP contribution >= 0.6 is 0 Å². The third-order valence-electron chi connectivity index (χ3n) is 3.99. The van der Waals surface area contributed by atoms with Gasteiger partial charge in [-0.2, -0.15) is 0 Å². The molecule has 4 rings (SSSR count). The number of hydrogen-bond donors (Lipinski definition) is 2. The molecule has 0 bridgehead atoms. The van der Waals surface area contributed by atoms with Crippen molar-refractivity contribution in [2.75, 3.05) is 5.32 Å². The van der Waals surface area contributed by atoms with Gasteiger partial charge in [0.25, 0.3) is 5.91 Å². The van der Waals surface area contributed by atoms with Gasteiger partial charge in [-0.15, -0.1) is 0 Å². The highest BCUT2D eigenvalue weighted by atomic mass is 16.2. The number of aromatic nitrogens is 2. The predicted octanol–water partition coefficient (Wildman–Crippen LogP) is 2.44. The first-order chi connectivity index (χ1) is 11.7. The topological polar surface area (TPSA) is 84.0 Å². The van der Waals surface area contributed by atoms with Gasteiger partial charge in [-0.25, -0.2) is 4.98 Å². The Balaban J connectivity index is 1.62. The van der Waals surface area contributed by atoms with Crippen LogP contribution in [0, 0.1) is 0 Å². The number of benzene rings is 2. The summed E-state index contributed by atoms with van der Waals surface area (Å²) < 4.78 is 0. The highest BCUT2D eigenvalue weighted by Crippen LogP contribution is 2.30. The summed E-state index contributed by atoms with van der Waals surface area (Å²) in [5.41, 5.74) is 3.24. The third-order valence-corrected chi connectivity index (χ3v) is 3.99. The maximum absolute atomic E-state index is 12.5. The number of para-hydroxylation sites is 3. The predicted molar refractivity (Wildman–Crippen MR) is 89.4 cm³/mol. The summed E-state index contributed by atoms with van der Waals surface area (Å²) in [6.45, 7) is 0. The van der Waals surface area contributed by atoms with Crippen molar-refractivity contribution in [3.8, 4) is 0 Å². The number of carbonyl (C=O) groups is 2. The lowest BCUT2D eigenvalue weighted by Crippen LogP contribution is -2.35. The number of amides is 2. The van der Waals surface area contributed by atoms with Crippen LogP contribution < -0.4 is 10.6 Å². The molecule has 24 heavy (non-hydrogen) atoms. The van der Waals surface area contributed by atoms with Crippen LogP contribution in [0.5, 0.6) is 0 Å². The molecule has 6 heteroatoms. The Hall–Kier alpha value is -3.28. The van der Waals surface area contributed by atoms with E-state index in [0.717, 1.165) is 16.8 Å². The second-order valence-corrected chi connectivity index (χ2v) is 5.61. The largest absolute Gasteiger partial charge is 0.343 e. The van der Waals surface area contributed by atoms with Crippen LogP contribution in [0.15, 0.2) is 54.7 Å². The number of nitrogens with zero attached hydrogens (tertiary/aromatic N) is 2. The Bertz CT molecular complexity index is 954. The molecule has 3 aromatic rings. The van der Waals surface area contributed by atoms with E-state index in [9.17, 15) is 9.59 Å². The van der Waals surface area contributed by atoms with Crippen molar-refractivity contribution in [2.45, 2.75) is 12.5 Å². The van der Waals surface area contributed by atoms with E-state index in [0.29, 0.717) is 5.52 Å². The smallest absolute Gasteiger partial charge is 0.272 e. The minimum absolute atomic E-state index is 0.122. The first-order valence-corrected chi connectivity index (χ1v) is 7.62. The number of hydrogen-bond acceptors (Lipinski definition) is 4. The third kappa shape index (κ3) is 2.58. The zero-order chi connectivity index (χ0) is 16.5. The molecule has 0 radical (unpaired) electrons. The molecule has 2 N–H and O–H groups in total. The van der Waals surface area contributed by atoms with Crippen molar-refractivity contribution in [1.29, 1.82) is 0 Å². The Morgan fingerprint density at radius 1 is 1.08 bits per heavy atom. The lowest BCUT2D eigenvalue weighted by molar-refractivity contribution is -0.116. The van der Waals surface area contributed by atoms with Crippen molar-refractivity contribution in [3.05, 3.63) is 66.0 Å². The number of fused-ring (bicyclic) bond motifs is 2. The molecule has 2 heterocycles. The van der Waals surface area contributed by atoms with E-state index in [4.69, 9.17) is 0 Å². The van der Waals surface area contributed by atoms with Crippen LogP contribution in [0.1, 0.15) is 28.5 Å². The van der Waals surface area contributed by atoms with Gasteiger partial charge in [-0.05, 0) is 23.8 Å². The van der Waals surface area contributed by atoms with E-state index in [1.807, 2.05) is 48.5 Å². The first kappa shape index (κ1) is 14.3. The van der Waals surface area contributed by atoms with E-state index in [2.05, 4.69) is 20.6 Å². The van der Waals surface area contributed by atoms with Gasteiger partial charge in [0, 0.05) is 5.69 Å². The second kappa shape index (κ2) is 5.73. The summed E-state index contributed by atoms with van der Waals surface area (Å²) in [4.78, 5) is 33.0. The molecule has 0 aliphatic carbocycles. The van der Waals surface area contributed by atoms with Gasteiger partial charge in [0.05, 0.1) is 29.7 Å². The van der Waals surface area contributed by atoms with E-state index in [1.165, 1.54) is 6.20 Å².